The molecule has 1 saturated heterocycles. The average Bonchev–Trinajstić information content (AvgIpc) is 3.04. The SMILES string of the molecule is CC(=O)N(/C=C(/C#N)C(=O)NCCCN1CCCC1=O)c1cccc(N)c1. The minimum absolute atomic E-state index is 0.137. The predicted molar refractivity (Wildman–Crippen MR) is 101 cm³/mol. The molecule has 1 aromatic carbocycles. The predicted octanol–water partition coefficient (Wildman–Crippen LogP) is 1.16. The lowest BCUT2D eigenvalue weighted by atomic mass is 10.2. The lowest BCUT2D eigenvalue weighted by Gasteiger charge is -2.18. The van der Waals surface area contributed by atoms with Gasteiger partial charge in [0.25, 0.3) is 5.91 Å². The van der Waals surface area contributed by atoms with Gasteiger partial charge in [0, 0.05) is 44.9 Å². The van der Waals surface area contributed by atoms with E-state index in [9.17, 15) is 19.6 Å². The van der Waals surface area contributed by atoms with Crippen molar-refractivity contribution in [2.75, 3.05) is 30.3 Å². The maximum absolute atomic E-state index is 12.2. The van der Waals surface area contributed by atoms with E-state index in [1.165, 1.54) is 18.0 Å². The quantitative estimate of drug-likeness (QED) is 0.323. The first kappa shape index (κ1) is 20.0. The van der Waals surface area contributed by atoms with Crippen LogP contribution in [-0.4, -0.2) is 42.3 Å². The van der Waals surface area contributed by atoms with Crippen molar-refractivity contribution in [1.82, 2.24) is 10.2 Å². The second-order valence-electron chi connectivity index (χ2n) is 6.23. The monoisotopic (exact) mass is 369 g/mol. The van der Waals surface area contributed by atoms with Gasteiger partial charge in [-0.1, -0.05) is 6.07 Å². The van der Waals surface area contributed by atoms with Crippen LogP contribution in [0.15, 0.2) is 36.0 Å². The third-order valence-corrected chi connectivity index (χ3v) is 4.17. The molecule has 0 bridgehead atoms. The fourth-order valence-electron chi connectivity index (χ4n) is 2.80. The molecule has 0 atom stereocenters. The van der Waals surface area contributed by atoms with Crippen LogP contribution < -0.4 is 16.0 Å². The van der Waals surface area contributed by atoms with Crippen molar-refractivity contribution < 1.29 is 14.4 Å². The van der Waals surface area contributed by atoms with Gasteiger partial charge in [0.05, 0.1) is 5.69 Å². The lowest BCUT2D eigenvalue weighted by Crippen LogP contribution is -2.32. The number of nitriles is 1. The van der Waals surface area contributed by atoms with Gasteiger partial charge in [0.1, 0.15) is 11.6 Å². The van der Waals surface area contributed by atoms with Crippen molar-refractivity contribution in [1.29, 1.82) is 5.26 Å². The van der Waals surface area contributed by atoms with Gasteiger partial charge in [-0.3, -0.25) is 19.3 Å². The molecule has 3 N–H and O–H groups in total. The summed E-state index contributed by atoms with van der Waals surface area (Å²) in [6, 6.07) is 8.42. The van der Waals surface area contributed by atoms with Gasteiger partial charge in [-0.15, -0.1) is 0 Å². The van der Waals surface area contributed by atoms with E-state index in [0.717, 1.165) is 13.0 Å². The maximum Gasteiger partial charge on any atom is 0.263 e. The number of nitrogens with zero attached hydrogens (tertiary/aromatic N) is 3. The van der Waals surface area contributed by atoms with Gasteiger partial charge in [-0.05, 0) is 31.0 Å². The topological polar surface area (TPSA) is 120 Å². The van der Waals surface area contributed by atoms with E-state index >= 15 is 0 Å². The highest BCUT2D eigenvalue weighted by molar-refractivity contribution is 6.01. The summed E-state index contributed by atoms with van der Waals surface area (Å²) in [5, 5.41) is 11.9. The molecule has 0 spiro atoms. The third-order valence-electron chi connectivity index (χ3n) is 4.17. The molecule has 142 valence electrons. The van der Waals surface area contributed by atoms with E-state index in [2.05, 4.69) is 5.32 Å². The summed E-state index contributed by atoms with van der Waals surface area (Å²) in [4.78, 5) is 38.7. The normalized spacial score (nSPS) is 14.0. The van der Waals surface area contributed by atoms with Crippen molar-refractivity contribution in [3.8, 4) is 6.07 Å². The Kier molecular flexibility index (Phi) is 6.94. The average molecular weight is 369 g/mol. The van der Waals surface area contributed by atoms with Crippen LogP contribution in [0.2, 0.25) is 0 Å². The van der Waals surface area contributed by atoms with Crippen molar-refractivity contribution >= 4 is 29.1 Å². The fraction of sp³-hybridized carbons (Fsp3) is 0.368. The highest BCUT2D eigenvalue weighted by Crippen LogP contribution is 2.19. The molecule has 0 aliphatic carbocycles. The van der Waals surface area contributed by atoms with Gasteiger partial charge >= 0.3 is 0 Å². The van der Waals surface area contributed by atoms with Crippen LogP contribution >= 0.6 is 0 Å². The molecule has 0 radical (unpaired) electrons. The molecule has 0 aromatic heterocycles. The molecule has 1 aliphatic rings. The first-order chi connectivity index (χ1) is 12.9. The van der Waals surface area contributed by atoms with E-state index in [1.807, 2.05) is 6.07 Å². The Bertz CT molecular complexity index is 797. The molecule has 27 heavy (non-hydrogen) atoms. The van der Waals surface area contributed by atoms with Crippen LogP contribution in [0.3, 0.4) is 0 Å². The van der Waals surface area contributed by atoms with Crippen molar-refractivity contribution in [2.24, 2.45) is 0 Å². The Morgan fingerprint density at radius 2 is 2.22 bits per heavy atom. The molecule has 2 rings (SSSR count). The van der Waals surface area contributed by atoms with Gasteiger partial charge in [0.15, 0.2) is 0 Å². The molecular weight excluding hydrogens is 346 g/mol. The first-order valence-electron chi connectivity index (χ1n) is 8.75. The zero-order valence-electron chi connectivity index (χ0n) is 15.3. The van der Waals surface area contributed by atoms with E-state index < -0.39 is 5.91 Å². The standard InChI is InChI=1S/C19H23N5O3/c1-14(25)24(17-6-2-5-16(21)11-17)13-15(12-20)19(27)22-8-4-10-23-9-3-7-18(23)26/h2,5-6,11,13H,3-4,7-10,21H2,1H3,(H,22,27)/b15-13-. The zero-order valence-corrected chi connectivity index (χ0v) is 15.3. The van der Waals surface area contributed by atoms with Crippen LogP contribution in [-0.2, 0) is 14.4 Å². The Morgan fingerprint density at radius 1 is 1.44 bits per heavy atom. The Balaban J connectivity index is 1.98. The van der Waals surface area contributed by atoms with E-state index in [0.29, 0.717) is 37.3 Å². The minimum atomic E-state index is -0.569. The van der Waals surface area contributed by atoms with Gasteiger partial charge in [-0.25, -0.2) is 0 Å². The summed E-state index contributed by atoms with van der Waals surface area (Å²) in [7, 11) is 0. The largest absolute Gasteiger partial charge is 0.399 e. The van der Waals surface area contributed by atoms with Gasteiger partial charge in [-0.2, -0.15) is 5.26 Å². The summed E-state index contributed by atoms with van der Waals surface area (Å²) in [5.74, 6) is -0.785. The minimum Gasteiger partial charge on any atom is -0.399 e. The number of benzene rings is 1. The molecule has 8 nitrogen and oxygen atoms in total. The Labute approximate surface area is 158 Å². The number of rotatable bonds is 7. The number of anilines is 2. The number of hydrogen-bond acceptors (Lipinski definition) is 5. The number of hydrogen-bond donors (Lipinski definition) is 2. The molecular formula is C19H23N5O3. The lowest BCUT2D eigenvalue weighted by molar-refractivity contribution is -0.127. The van der Waals surface area contributed by atoms with Crippen LogP contribution in [0.5, 0.6) is 0 Å². The van der Waals surface area contributed by atoms with Crippen molar-refractivity contribution in [2.45, 2.75) is 26.2 Å². The molecule has 3 amide bonds. The summed E-state index contributed by atoms with van der Waals surface area (Å²) in [6.07, 6.45) is 3.26. The highest BCUT2D eigenvalue weighted by atomic mass is 16.2. The number of carbonyl (C=O) groups excluding carboxylic acids is 3. The summed E-state index contributed by atoms with van der Waals surface area (Å²) >= 11 is 0. The molecule has 1 heterocycles. The molecule has 1 fully saturated rings. The summed E-state index contributed by atoms with van der Waals surface area (Å²) in [5.41, 5.74) is 6.47. The van der Waals surface area contributed by atoms with Gasteiger partial charge < -0.3 is 16.0 Å². The molecule has 0 saturated carbocycles. The van der Waals surface area contributed by atoms with E-state index in [-0.39, 0.29) is 17.4 Å². The third kappa shape index (κ3) is 5.57. The van der Waals surface area contributed by atoms with Gasteiger partial charge in [0.2, 0.25) is 11.8 Å². The van der Waals surface area contributed by atoms with Crippen molar-refractivity contribution in [3.05, 3.63) is 36.0 Å². The molecule has 1 aromatic rings. The number of nitrogens with two attached hydrogens (primary N) is 1. The number of likely N-dealkylation sites (tertiary alicyclic amines) is 1. The van der Waals surface area contributed by atoms with Crippen molar-refractivity contribution in [3.63, 3.8) is 0 Å². The number of amides is 3. The van der Waals surface area contributed by atoms with Crippen LogP contribution in [0.25, 0.3) is 0 Å². The zero-order chi connectivity index (χ0) is 19.8. The smallest absolute Gasteiger partial charge is 0.263 e. The maximum atomic E-state index is 12.2. The molecule has 0 unspecified atom stereocenters. The van der Waals surface area contributed by atoms with E-state index in [1.54, 1.807) is 29.2 Å². The first-order valence-corrected chi connectivity index (χ1v) is 8.75. The van der Waals surface area contributed by atoms with Crippen LogP contribution in [0, 0.1) is 11.3 Å². The summed E-state index contributed by atoms with van der Waals surface area (Å²) in [6.45, 7) is 3.00. The summed E-state index contributed by atoms with van der Waals surface area (Å²) < 4.78 is 0. The number of nitrogens with one attached hydrogen (secondary N) is 1. The Hall–Kier alpha value is -3.34. The Morgan fingerprint density at radius 3 is 2.81 bits per heavy atom. The van der Waals surface area contributed by atoms with Crippen LogP contribution in [0.4, 0.5) is 11.4 Å². The number of carbonyl (C=O) groups is 3. The van der Waals surface area contributed by atoms with Crippen LogP contribution in [0.1, 0.15) is 26.2 Å². The van der Waals surface area contributed by atoms with E-state index in [4.69, 9.17) is 5.73 Å². The highest BCUT2D eigenvalue weighted by Gasteiger charge is 2.19. The molecule has 8 heteroatoms. The second kappa shape index (κ2) is 9.38. The fourth-order valence-corrected chi connectivity index (χ4v) is 2.80. The number of nitrogen functional groups attached to an aromatic ring is 1. The second-order valence-corrected chi connectivity index (χ2v) is 6.23. The molecule has 1 aliphatic heterocycles.